The van der Waals surface area contributed by atoms with Gasteiger partial charge < -0.3 is 10.1 Å². The first-order valence-electron chi connectivity index (χ1n) is 6.85. The summed E-state index contributed by atoms with van der Waals surface area (Å²) in [6.45, 7) is 2.61. The second kappa shape index (κ2) is 7.13. The van der Waals surface area contributed by atoms with Crippen LogP contribution < -0.4 is 10.1 Å². The predicted octanol–water partition coefficient (Wildman–Crippen LogP) is 3.46. The van der Waals surface area contributed by atoms with Gasteiger partial charge in [0, 0.05) is 17.8 Å². The summed E-state index contributed by atoms with van der Waals surface area (Å²) in [5.41, 5.74) is 1.13. The SMILES string of the molecule is CCCOc1cncc(C(NC)c2ccc(F)cc2F)c1. The van der Waals surface area contributed by atoms with Crippen molar-refractivity contribution in [2.24, 2.45) is 0 Å². The molecule has 2 aromatic rings. The van der Waals surface area contributed by atoms with Gasteiger partial charge in [0.1, 0.15) is 17.4 Å². The van der Waals surface area contributed by atoms with E-state index in [2.05, 4.69) is 10.3 Å². The lowest BCUT2D eigenvalue weighted by Gasteiger charge is -2.18. The molecule has 0 aliphatic heterocycles. The topological polar surface area (TPSA) is 34.1 Å². The van der Waals surface area contributed by atoms with Crippen molar-refractivity contribution in [2.45, 2.75) is 19.4 Å². The van der Waals surface area contributed by atoms with Gasteiger partial charge in [0.25, 0.3) is 0 Å². The molecule has 1 aromatic carbocycles. The average Bonchev–Trinajstić information content (AvgIpc) is 2.48. The van der Waals surface area contributed by atoms with Crippen molar-refractivity contribution in [3.05, 3.63) is 59.4 Å². The van der Waals surface area contributed by atoms with Gasteiger partial charge in [0.05, 0.1) is 18.8 Å². The highest BCUT2D eigenvalue weighted by Gasteiger charge is 2.17. The maximum atomic E-state index is 13.9. The summed E-state index contributed by atoms with van der Waals surface area (Å²) in [6.07, 6.45) is 4.15. The van der Waals surface area contributed by atoms with E-state index in [1.165, 1.54) is 12.1 Å². The molecule has 0 saturated carbocycles. The van der Waals surface area contributed by atoms with Crippen LogP contribution >= 0.6 is 0 Å². The third kappa shape index (κ3) is 3.76. The van der Waals surface area contributed by atoms with Gasteiger partial charge in [-0.25, -0.2) is 8.78 Å². The molecule has 0 aliphatic rings. The Labute approximate surface area is 123 Å². The number of rotatable bonds is 6. The third-order valence-corrected chi connectivity index (χ3v) is 3.10. The van der Waals surface area contributed by atoms with Crippen LogP contribution in [0.3, 0.4) is 0 Å². The molecular formula is C16H18F2N2O. The fourth-order valence-corrected chi connectivity index (χ4v) is 2.13. The van der Waals surface area contributed by atoms with Gasteiger partial charge in [-0.2, -0.15) is 0 Å². The van der Waals surface area contributed by atoms with Crippen molar-refractivity contribution < 1.29 is 13.5 Å². The molecule has 1 heterocycles. The second-order valence-corrected chi connectivity index (χ2v) is 4.69. The van der Waals surface area contributed by atoms with Gasteiger partial charge in [-0.05, 0) is 31.2 Å². The molecule has 3 nitrogen and oxygen atoms in total. The molecule has 0 amide bonds. The van der Waals surface area contributed by atoms with Crippen LogP contribution in [-0.4, -0.2) is 18.6 Å². The molecule has 21 heavy (non-hydrogen) atoms. The number of ether oxygens (including phenoxy) is 1. The summed E-state index contributed by atoms with van der Waals surface area (Å²) in [5.74, 6) is -0.546. The molecule has 0 saturated heterocycles. The van der Waals surface area contributed by atoms with Crippen LogP contribution in [0.2, 0.25) is 0 Å². The lowest BCUT2D eigenvalue weighted by Crippen LogP contribution is -2.19. The van der Waals surface area contributed by atoms with Crippen molar-refractivity contribution in [2.75, 3.05) is 13.7 Å². The zero-order valence-corrected chi connectivity index (χ0v) is 12.1. The first-order valence-corrected chi connectivity index (χ1v) is 6.85. The Morgan fingerprint density at radius 3 is 2.71 bits per heavy atom. The highest BCUT2D eigenvalue weighted by molar-refractivity contribution is 5.35. The third-order valence-electron chi connectivity index (χ3n) is 3.10. The predicted molar refractivity (Wildman–Crippen MR) is 77.3 cm³/mol. The molecule has 0 bridgehead atoms. The molecule has 1 N–H and O–H groups in total. The second-order valence-electron chi connectivity index (χ2n) is 4.69. The van der Waals surface area contributed by atoms with Crippen molar-refractivity contribution in [1.82, 2.24) is 10.3 Å². The lowest BCUT2D eigenvalue weighted by atomic mass is 9.99. The quantitative estimate of drug-likeness (QED) is 0.885. The summed E-state index contributed by atoms with van der Waals surface area (Å²) in [4.78, 5) is 4.12. The van der Waals surface area contributed by atoms with E-state index in [0.29, 0.717) is 17.9 Å². The average molecular weight is 292 g/mol. The highest BCUT2D eigenvalue weighted by Crippen LogP contribution is 2.26. The van der Waals surface area contributed by atoms with Crippen molar-refractivity contribution in [3.8, 4) is 5.75 Å². The van der Waals surface area contributed by atoms with Gasteiger partial charge >= 0.3 is 0 Å². The van der Waals surface area contributed by atoms with Crippen molar-refractivity contribution in [3.63, 3.8) is 0 Å². The molecule has 0 fully saturated rings. The maximum absolute atomic E-state index is 13.9. The zero-order valence-electron chi connectivity index (χ0n) is 12.1. The van der Waals surface area contributed by atoms with Crippen LogP contribution in [0.1, 0.15) is 30.5 Å². The van der Waals surface area contributed by atoms with E-state index >= 15 is 0 Å². The first kappa shape index (κ1) is 15.4. The molecule has 0 aliphatic carbocycles. The molecule has 5 heteroatoms. The van der Waals surface area contributed by atoms with E-state index in [-0.39, 0.29) is 0 Å². The Balaban J connectivity index is 2.32. The van der Waals surface area contributed by atoms with E-state index in [9.17, 15) is 8.78 Å². The van der Waals surface area contributed by atoms with Gasteiger partial charge in [0.2, 0.25) is 0 Å². The summed E-state index contributed by atoms with van der Waals surface area (Å²) in [5, 5.41) is 3.02. The Morgan fingerprint density at radius 1 is 1.24 bits per heavy atom. The summed E-state index contributed by atoms with van der Waals surface area (Å²) >= 11 is 0. The molecule has 1 unspecified atom stereocenters. The smallest absolute Gasteiger partial charge is 0.137 e. The van der Waals surface area contributed by atoms with Crippen LogP contribution in [0.5, 0.6) is 5.75 Å². The maximum Gasteiger partial charge on any atom is 0.137 e. The number of nitrogens with one attached hydrogen (secondary N) is 1. The number of hydrogen-bond donors (Lipinski definition) is 1. The minimum absolute atomic E-state index is 0.369. The fourth-order valence-electron chi connectivity index (χ4n) is 2.13. The standard InChI is InChI=1S/C16H18F2N2O/c1-3-6-21-13-7-11(9-20-10-13)16(19-2)14-5-4-12(17)8-15(14)18/h4-5,7-10,16,19H,3,6H2,1-2H3. The van der Waals surface area contributed by atoms with E-state index in [0.717, 1.165) is 18.1 Å². The molecule has 0 radical (unpaired) electrons. The minimum Gasteiger partial charge on any atom is -0.492 e. The van der Waals surface area contributed by atoms with Gasteiger partial charge in [-0.3, -0.25) is 4.98 Å². The van der Waals surface area contributed by atoms with Gasteiger partial charge in [0.15, 0.2) is 0 Å². The number of pyridine rings is 1. The molecule has 112 valence electrons. The summed E-state index contributed by atoms with van der Waals surface area (Å²) in [6, 6.07) is 4.96. The van der Waals surface area contributed by atoms with Crippen LogP contribution in [0.25, 0.3) is 0 Å². The molecule has 2 rings (SSSR count). The minimum atomic E-state index is -0.593. The largest absolute Gasteiger partial charge is 0.492 e. The molecule has 1 aromatic heterocycles. The van der Waals surface area contributed by atoms with Crippen LogP contribution in [0.4, 0.5) is 8.78 Å². The fraction of sp³-hybridized carbons (Fsp3) is 0.312. The Bertz CT molecular complexity index is 605. The van der Waals surface area contributed by atoms with Crippen LogP contribution in [0.15, 0.2) is 36.7 Å². The summed E-state index contributed by atoms with van der Waals surface area (Å²) in [7, 11) is 1.72. The number of halogens is 2. The van der Waals surface area contributed by atoms with E-state index < -0.39 is 17.7 Å². The Kier molecular flexibility index (Phi) is 5.22. The summed E-state index contributed by atoms with van der Waals surface area (Å²) < 4.78 is 32.5. The number of hydrogen-bond acceptors (Lipinski definition) is 3. The van der Waals surface area contributed by atoms with Crippen LogP contribution in [0, 0.1) is 11.6 Å². The van der Waals surface area contributed by atoms with Crippen LogP contribution in [-0.2, 0) is 0 Å². The van der Waals surface area contributed by atoms with E-state index in [4.69, 9.17) is 4.74 Å². The zero-order chi connectivity index (χ0) is 15.2. The van der Waals surface area contributed by atoms with Crippen molar-refractivity contribution >= 4 is 0 Å². The lowest BCUT2D eigenvalue weighted by molar-refractivity contribution is 0.315. The molecule has 0 spiro atoms. The number of aromatic nitrogens is 1. The van der Waals surface area contributed by atoms with Gasteiger partial charge in [-0.15, -0.1) is 0 Å². The Hall–Kier alpha value is -2.01. The number of benzene rings is 1. The molecule has 1 atom stereocenters. The Morgan fingerprint density at radius 2 is 2.05 bits per heavy atom. The number of nitrogens with zero attached hydrogens (tertiary/aromatic N) is 1. The highest BCUT2D eigenvalue weighted by atomic mass is 19.1. The van der Waals surface area contributed by atoms with E-state index in [1.807, 2.05) is 13.0 Å². The van der Waals surface area contributed by atoms with E-state index in [1.54, 1.807) is 19.4 Å². The normalized spacial score (nSPS) is 12.2. The molecular weight excluding hydrogens is 274 g/mol. The monoisotopic (exact) mass is 292 g/mol. The first-order chi connectivity index (χ1) is 10.2. The van der Waals surface area contributed by atoms with Crippen molar-refractivity contribution in [1.29, 1.82) is 0 Å². The van der Waals surface area contributed by atoms with Gasteiger partial charge in [-0.1, -0.05) is 13.0 Å².